The van der Waals surface area contributed by atoms with Gasteiger partial charge in [0.25, 0.3) is 11.8 Å². The maximum atomic E-state index is 12.4. The summed E-state index contributed by atoms with van der Waals surface area (Å²) in [6.07, 6.45) is 1.43. The molecule has 7 heteroatoms. The molecule has 2 aromatic carbocycles. The van der Waals surface area contributed by atoms with Gasteiger partial charge in [-0.05, 0) is 59.0 Å². The number of hydrogen-bond acceptors (Lipinski definition) is 4. The molecule has 1 aromatic heterocycles. The van der Waals surface area contributed by atoms with E-state index in [4.69, 9.17) is 9.15 Å². The van der Waals surface area contributed by atoms with E-state index < -0.39 is 0 Å². The van der Waals surface area contributed by atoms with Crippen LogP contribution in [0.25, 0.3) is 0 Å². The van der Waals surface area contributed by atoms with E-state index in [2.05, 4.69) is 33.2 Å². The van der Waals surface area contributed by atoms with E-state index in [1.165, 1.54) is 13.4 Å². The first kappa shape index (κ1) is 18.0. The van der Waals surface area contributed by atoms with Crippen LogP contribution in [0.5, 0.6) is 5.75 Å². The Morgan fingerprint density at radius 1 is 1.00 bits per heavy atom. The molecule has 0 atom stereocenters. The molecule has 26 heavy (non-hydrogen) atoms. The molecule has 0 radical (unpaired) electrons. The largest absolute Gasteiger partial charge is 0.494 e. The molecule has 0 saturated carbocycles. The highest BCUT2D eigenvalue weighted by Crippen LogP contribution is 2.29. The molecule has 0 saturated heterocycles. The van der Waals surface area contributed by atoms with Gasteiger partial charge in [-0.1, -0.05) is 12.1 Å². The van der Waals surface area contributed by atoms with Gasteiger partial charge in [-0.15, -0.1) is 0 Å². The van der Waals surface area contributed by atoms with Gasteiger partial charge in [0.1, 0.15) is 5.75 Å². The highest BCUT2D eigenvalue weighted by Gasteiger charge is 2.14. The van der Waals surface area contributed by atoms with E-state index in [9.17, 15) is 9.59 Å². The smallest absolute Gasteiger partial charge is 0.291 e. The number of benzene rings is 2. The zero-order valence-corrected chi connectivity index (χ0v) is 15.9. The Morgan fingerprint density at radius 3 is 2.50 bits per heavy atom. The van der Waals surface area contributed by atoms with Gasteiger partial charge in [0.2, 0.25) is 0 Å². The molecule has 0 bridgehead atoms. The van der Waals surface area contributed by atoms with Crippen LogP contribution in [0.2, 0.25) is 0 Å². The number of furan rings is 1. The summed E-state index contributed by atoms with van der Waals surface area (Å²) in [5.74, 6) is 0.0156. The Labute approximate surface area is 163 Å². The van der Waals surface area contributed by atoms with Crippen LogP contribution in [0.4, 0.5) is 11.4 Å². The van der Waals surface area contributed by atoms with Crippen LogP contribution < -0.4 is 15.4 Å². The maximum Gasteiger partial charge on any atom is 0.291 e. The summed E-state index contributed by atoms with van der Waals surface area (Å²) in [6.45, 7) is 0. The Bertz CT molecular complexity index is 938. The van der Waals surface area contributed by atoms with Gasteiger partial charge in [0, 0.05) is 15.3 Å². The van der Waals surface area contributed by atoms with Crippen molar-refractivity contribution in [3.05, 3.63) is 75.8 Å². The number of carbonyl (C=O) groups excluding carboxylic acids is 2. The standard InChI is InChI=1S/C19H15IN2O4/c1-25-17-11-12(21-18(23)13-5-2-3-6-14(13)20)8-9-15(17)22-19(24)16-7-4-10-26-16/h2-11H,1H3,(H,21,23)(H,22,24). The van der Waals surface area contributed by atoms with E-state index in [0.29, 0.717) is 22.7 Å². The molecule has 2 amide bonds. The number of anilines is 2. The molecule has 0 spiro atoms. The molecule has 132 valence electrons. The Hall–Kier alpha value is -2.81. The Morgan fingerprint density at radius 2 is 1.81 bits per heavy atom. The highest BCUT2D eigenvalue weighted by molar-refractivity contribution is 14.1. The topological polar surface area (TPSA) is 80.6 Å². The van der Waals surface area contributed by atoms with E-state index in [1.54, 1.807) is 36.4 Å². The number of ether oxygens (including phenoxy) is 1. The van der Waals surface area contributed by atoms with Crippen molar-refractivity contribution >= 4 is 45.8 Å². The first-order valence-corrected chi connectivity index (χ1v) is 8.75. The van der Waals surface area contributed by atoms with Crippen LogP contribution in [0.3, 0.4) is 0 Å². The molecule has 0 aliphatic rings. The van der Waals surface area contributed by atoms with E-state index in [0.717, 1.165) is 3.57 Å². The van der Waals surface area contributed by atoms with Crippen molar-refractivity contribution in [1.29, 1.82) is 0 Å². The molecule has 3 aromatic rings. The van der Waals surface area contributed by atoms with Crippen molar-refractivity contribution in [2.75, 3.05) is 17.7 Å². The molecule has 0 aliphatic carbocycles. The minimum absolute atomic E-state index is 0.197. The van der Waals surface area contributed by atoms with Crippen molar-refractivity contribution in [3.8, 4) is 5.75 Å². The van der Waals surface area contributed by atoms with Crippen molar-refractivity contribution < 1.29 is 18.7 Å². The Kier molecular flexibility index (Phi) is 5.57. The molecule has 6 nitrogen and oxygen atoms in total. The summed E-state index contributed by atoms with van der Waals surface area (Å²) in [7, 11) is 1.49. The zero-order chi connectivity index (χ0) is 18.5. The van der Waals surface area contributed by atoms with Crippen molar-refractivity contribution in [1.82, 2.24) is 0 Å². The minimum atomic E-state index is -0.385. The average Bonchev–Trinajstić information content (AvgIpc) is 3.18. The summed E-state index contributed by atoms with van der Waals surface area (Å²) >= 11 is 2.11. The summed E-state index contributed by atoms with van der Waals surface area (Å²) in [6, 6.07) is 15.5. The average molecular weight is 462 g/mol. The summed E-state index contributed by atoms with van der Waals surface area (Å²) in [5.41, 5.74) is 1.62. The zero-order valence-electron chi connectivity index (χ0n) is 13.8. The van der Waals surface area contributed by atoms with Crippen LogP contribution in [-0.2, 0) is 0 Å². The normalized spacial score (nSPS) is 10.2. The molecule has 0 fully saturated rings. The molecule has 0 unspecified atom stereocenters. The van der Waals surface area contributed by atoms with Crippen LogP contribution in [0.1, 0.15) is 20.9 Å². The quantitative estimate of drug-likeness (QED) is 0.551. The SMILES string of the molecule is COc1cc(NC(=O)c2ccccc2I)ccc1NC(=O)c1ccco1. The first-order chi connectivity index (χ1) is 12.6. The second-order valence-electron chi connectivity index (χ2n) is 5.28. The Balaban J connectivity index is 1.77. The van der Waals surface area contributed by atoms with Crippen LogP contribution in [0.15, 0.2) is 65.3 Å². The molecular formula is C19H15IN2O4. The van der Waals surface area contributed by atoms with Crippen LogP contribution in [-0.4, -0.2) is 18.9 Å². The summed E-state index contributed by atoms with van der Waals surface area (Å²) in [5, 5.41) is 5.54. The predicted octanol–water partition coefficient (Wildman–Crippen LogP) is 4.40. The number of amides is 2. The molecule has 3 rings (SSSR count). The lowest BCUT2D eigenvalue weighted by Gasteiger charge is -2.12. The van der Waals surface area contributed by atoms with E-state index in [1.807, 2.05) is 18.2 Å². The third-order valence-corrected chi connectivity index (χ3v) is 4.51. The lowest BCUT2D eigenvalue weighted by Crippen LogP contribution is -2.14. The van der Waals surface area contributed by atoms with Crippen LogP contribution in [0, 0.1) is 3.57 Å². The number of methoxy groups -OCH3 is 1. The molecule has 1 heterocycles. The van der Waals surface area contributed by atoms with Crippen LogP contribution >= 0.6 is 22.6 Å². The number of hydrogen-bond donors (Lipinski definition) is 2. The fourth-order valence-electron chi connectivity index (χ4n) is 2.31. The van der Waals surface area contributed by atoms with E-state index in [-0.39, 0.29) is 17.6 Å². The van der Waals surface area contributed by atoms with Crippen molar-refractivity contribution in [2.24, 2.45) is 0 Å². The number of nitrogens with one attached hydrogen (secondary N) is 2. The third-order valence-electron chi connectivity index (χ3n) is 3.57. The van der Waals surface area contributed by atoms with Gasteiger partial charge in [0.15, 0.2) is 5.76 Å². The predicted molar refractivity (Wildman–Crippen MR) is 107 cm³/mol. The minimum Gasteiger partial charge on any atom is -0.494 e. The molecule has 2 N–H and O–H groups in total. The second kappa shape index (κ2) is 8.05. The van der Waals surface area contributed by atoms with Gasteiger partial charge in [-0.2, -0.15) is 0 Å². The lowest BCUT2D eigenvalue weighted by molar-refractivity contribution is 0.0994. The molecule has 0 aliphatic heterocycles. The van der Waals surface area contributed by atoms with Gasteiger partial charge < -0.3 is 19.8 Å². The highest BCUT2D eigenvalue weighted by atomic mass is 127. The maximum absolute atomic E-state index is 12.4. The summed E-state index contributed by atoms with van der Waals surface area (Å²) < 4.78 is 11.2. The second-order valence-corrected chi connectivity index (χ2v) is 6.44. The summed E-state index contributed by atoms with van der Waals surface area (Å²) in [4.78, 5) is 24.5. The van der Waals surface area contributed by atoms with Gasteiger partial charge in [0.05, 0.1) is 24.6 Å². The van der Waals surface area contributed by atoms with Crippen molar-refractivity contribution in [3.63, 3.8) is 0 Å². The van der Waals surface area contributed by atoms with Crippen molar-refractivity contribution in [2.45, 2.75) is 0 Å². The third kappa shape index (κ3) is 4.05. The molecular weight excluding hydrogens is 447 g/mol. The van der Waals surface area contributed by atoms with Gasteiger partial charge in [-0.25, -0.2) is 0 Å². The number of halogens is 1. The number of carbonyl (C=O) groups is 2. The fourth-order valence-corrected chi connectivity index (χ4v) is 2.94. The van der Waals surface area contributed by atoms with Gasteiger partial charge in [-0.3, -0.25) is 9.59 Å². The van der Waals surface area contributed by atoms with Gasteiger partial charge >= 0.3 is 0 Å². The monoisotopic (exact) mass is 462 g/mol. The van der Waals surface area contributed by atoms with E-state index >= 15 is 0 Å². The number of rotatable bonds is 5. The first-order valence-electron chi connectivity index (χ1n) is 7.67. The lowest BCUT2D eigenvalue weighted by atomic mass is 10.2. The fraction of sp³-hybridized carbons (Fsp3) is 0.0526.